The Morgan fingerprint density at radius 2 is 1.36 bits per heavy atom. The molecule has 0 saturated heterocycles. The van der Waals surface area contributed by atoms with Gasteiger partial charge in [0.15, 0.2) is 0 Å². The van der Waals surface area contributed by atoms with E-state index in [-0.39, 0.29) is 41.5 Å². The normalized spacial score (nSPS) is 10.7. The van der Waals surface area contributed by atoms with E-state index >= 15 is 0 Å². The van der Waals surface area contributed by atoms with Gasteiger partial charge in [-0.25, -0.2) is 23.7 Å². The largest absolute Gasteiger partial charge is 1.00 e. The molecular formula is C3BF4N2Na. The van der Waals surface area contributed by atoms with Gasteiger partial charge in [0.25, 0.3) is 0 Å². The first-order valence-electron chi connectivity index (χ1n) is 2.10. The Morgan fingerprint density at radius 3 is 1.36 bits per heavy atom. The first-order chi connectivity index (χ1) is 4.37. The van der Waals surface area contributed by atoms with Gasteiger partial charge in [-0.05, 0) is 0 Å². The molecule has 0 radical (unpaired) electrons. The van der Waals surface area contributed by atoms with Crippen LogP contribution in [0.3, 0.4) is 0 Å². The van der Waals surface area contributed by atoms with Gasteiger partial charge >= 0.3 is 42.1 Å². The molecule has 8 heteroatoms. The fraction of sp³-hybridized carbons (Fsp3) is 0.333. The predicted molar refractivity (Wildman–Crippen MR) is 24.1 cm³/mol. The molecule has 0 heterocycles. The van der Waals surface area contributed by atoms with Crippen LogP contribution in [0.15, 0.2) is 0 Å². The standard InChI is InChI=1S/C3BF4N2.Na/c5-3(6,7)4(8,1-9)2-10;/q-1;+1. The summed E-state index contributed by atoms with van der Waals surface area (Å²) in [6.45, 7) is 0. The van der Waals surface area contributed by atoms with E-state index in [9.17, 15) is 17.5 Å². The van der Waals surface area contributed by atoms with Crippen LogP contribution in [-0.4, -0.2) is 12.5 Å². The SMILES string of the molecule is N#C[B-](F)(C#N)C(F)(F)F.[Na+]. The van der Waals surface area contributed by atoms with E-state index in [0.29, 0.717) is 0 Å². The smallest absolute Gasteiger partial charge is 0.474 e. The minimum atomic E-state index is -5.37. The van der Waals surface area contributed by atoms with Crippen LogP contribution in [0.25, 0.3) is 0 Å². The Kier molecular flexibility index (Phi) is 4.81. The van der Waals surface area contributed by atoms with Crippen LogP contribution in [0.4, 0.5) is 17.5 Å². The summed E-state index contributed by atoms with van der Waals surface area (Å²) in [4.78, 5) is 0. The van der Waals surface area contributed by atoms with Gasteiger partial charge in [0.05, 0.1) is 0 Å². The van der Waals surface area contributed by atoms with Gasteiger partial charge in [0, 0.05) is 0 Å². The summed E-state index contributed by atoms with van der Waals surface area (Å²) in [5, 5.41) is 15.2. The fourth-order valence-electron chi connectivity index (χ4n) is 0.175. The van der Waals surface area contributed by atoms with Crippen LogP contribution in [-0.2, 0) is 0 Å². The number of hydrogen-bond donors (Lipinski definition) is 0. The summed E-state index contributed by atoms with van der Waals surface area (Å²) in [6, 6.07) is 0. The van der Waals surface area contributed by atoms with Crippen LogP contribution >= 0.6 is 0 Å². The molecule has 0 atom stereocenters. The van der Waals surface area contributed by atoms with E-state index in [1.165, 1.54) is 0 Å². The maximum absolute atomic E-state index is 12.0. The molecule has 0 aromatic rings. The maximum Gasteiger partial charge on any atom is 1.00 e. The number of rotatable bonds is 0. The molecule has 2 nitrogen and oxygen atoms in total. The monoisotopic (exact) mass is 174 g/mol. The summed E-state index contributed by atoms with van der Waals surface area (Å²) >= 11 is 0. The molecule has 54 valence electrons. The molecule has 0 aromatic heterocycles. The van der Waals surface area contributed by atoms with Gasteiger partial charge in [0.2, 0.25) is 0 Å². The first kappa shape index (κ1) is 13.4. The second-order valence-electron chi connectivity index (χ2n) is 1.56. The molecule has 0 aliphatic heterocycles. The molecule has 0 spiro atoms. The molecule has 0 amide bonds. The molecule has 0 fully saturated rings. The minimum Gasteiger partial charge on any atom is -0.474 e. The van der Waals surface area contributed by atoms with E-state index in [1.54, 1.807) is 0 Å². The van der Waals surface area contributed by atoms with Gasteiger partial charge in [0.1, 0.15) is 0 Å². The van der Waals surface area contributed by atoms with Crippen molar-refractivity contribution in [1.29, 1.82) is 10.5 Å². The zero-order chi connectivity index (χ0) is 8.41. The molecular weight excluding hydrogens is 174 g/mol. The Bertz CT molecular complexity index is 199. The zero-order valence-corrected chi connectivity index (χ0v) is 7.48. The van der Waals surface area contributed by atoms with Crippen molar-refractivity contribution in [1.82, 2.24) is 0 Å². The van der Waals surface area contributed by atoms with Gasteiger partial charge < -0.3 is 4.32 Å². The van der Waals surface area contributed by atoms with Crippen molar-refractivity contribution in [2.75, 3.05) is 0 Å². The number of hydrogen-bond acceptors (Lipinski definition) is 2. The fourth-order valence-corrected chi connectivity index (χ4v) is 0.175. The average Bonchev–Trinajstić information content (AvgIpc) is 1.84. The molecule has 0 aliphatic carbocycles. The van der Waals surface area contributed by atoms with Crippen LogP contribution in [0.2, 0.25) is 0 Å². The minimum absolute atomic E-state index is 0. The number of nitrogens with zero attached hydrogens (tertiary/aromatic N) is 2. The molecule has 0 N–H and O–H groups in total. The number of halogens is 4. The number of alkyl halides is 3. The number of nitriles is 2. The summed E-state index contributed by atoms with van der Waals surface area (Å²) in [5.41, 5.74) is 0. The van der Waals surface area contributed by atoms with E-state index in [2.05, 4.69) is 0 Å². The molecule has 0 aliphatic rings. The van der Waals surface area contributed by atoms with Crippen molar-refractivity contribution in [3.05, 3.63) is 0 Å². The third-order valence-electron chi connectivity index (χ3n) is 0.807. The average molecular weight is 174 g/mol. The second-order valence-corrected chi connectivity index (χ2v) is 1.56. The summed E-state index contributed by atoms with van der Waals surface area (Å²) in [5.74, 6) is 0.556. The predicted octanol–water partition coefficient (Wildman–Crippen LogP) is -1.87. The van der Waals surface area contributed by atoms with Gasteiger partial charge in [-0.1, -0.05) is 11.9 Å². The van der Waals surface area contributed by atoms with E-state index in [4.69, 9.17) is 10.5 Å². The van der Waals surface area contributed by atoms with E-state index in [1.807, 2.05) is 0 Å². The van der Waals surface area contributed by atoms with Crippen LogP contribution < -0.4 is 29.6 Å². The maximum atomic E-state index is 12.0. The Morgan fingerprint density at radius 1 is 1.09 bits per heavy atom. The Labute approximate surface area is 82.0 Å². The van der Waals surface area contributed by atoms with Crippen molar-refractivity contribution >= 4 is 6.42 Å². The summed E-state index contributed by atoms with van der Waals surface area (Å²) in [6.07, 6.45) is -10.4. The van der Waals surface area contributed by atoms with E-state index < -0.39 is 12.5 Å². The Balaban J connectivity index is 0. The quantitative estimate of drug-likeness (QED) is 0.319. The molecule has 11 heavy (non-hydrogen) atoms. The zero-order valence-electron chi connectivity index (χ0n) is 5.48. The first-order valence-corrected chi connectivity index (χ1v) is 2.10. The molecule has 0 unspecified atom stereocenters. The van der Waals surface area contributed by atoms with Crippen molar-refractivity contribution < 1.29 is 47.0 Å². The van der Waals surface area contributed by atoms with Crippen molar-refractivity contribution in [2.45, 2.75) is 6.08 Å². The second kappa shape index (κ2) is 3.96. The van der Waals surface area contributed by atoms with Crippen LogP contribution in [0, 0.1) is 22.5 Å². The van der Waals surface area contributed by atoms with Crippen LogP contribution in [0.1, 0.15) is 0 Å². The Hall–Kier alpha value is -0.235. The summed E-state index contributed by atoms with van der Waals surface area (Å²) < 4.78 is 45.9. The molecule has 0 saturated carbocycles. The molecule has 0 aromatic carbocycles. The van der Waals surface area contributed by atoms with Gasteiger partial charge in [-0.2, -0.15) is 0 Å². The van der Waals surface area contributed by atoms with Crippen molar-refractivity contribution in [3.8, 4) is 11.9 Å². The third kappa shape index (κ3) is 2.70. The van der Waals surface area contributed by atoms with Crippen molar-refractivity contribution in [3.63, 3.8) is 0 Å². The summed E-state index contributed by atoms with van der Waals surface area (Å²) in [7, 11) is 0. The topological polar surface area (TPSA) is 47.6 Å². The third-order valence-corrected chi connectivity index (χ3v) is 0.807. The van der Waals surface area contributed by atoms with E-state index in [0.717, 1.165) is 0 Å². The molecule has 0 bridgehead atoms. The van der Waals surface area contributed by atoms with Gasteiger partial charge in [-0.15, -0.1) is 0 Å². The van der Waals surface area contributed by atoms with Gasteiger partial charge in [-0.3, -0.25) is 0 Å². The van der Waals surface area contributed by atoms with Crippen molar-refractivity contribution in [2.24, 2.45) is 0 Å². The molecule has 0 rings (SSSR count). The van der Waals surface area contributed by atoms with Crippen LogP contribution in [0.5, 0.6) is 0 Å².